The van der Waals surface area contributed by atoms with Crippen LogP contribution in [0.25, 0.3) is 6.08 Å². The van der Waals surface area contributed by atoms with Gasteiger partial charge in [-0.3, -0.25) is 14.4 Å². The Kier molecular flexibility index (Phi) is 10.7. The lowest BCUT2D eigenvalue weighted by Gasteiger charge is -2.63. The van der Waals surface area contributed by atoms with E-state index in [1.165, 1.54) is 12.7 Å². The van der Waals surface area contributed by atoms with Crippen molar-refractivity contribution in [2.45, 2.75) is 122 Å². The van der Waals surface area contributed by atoms with E-state index in [2.05, 4.69) is 35.9 Å². The zero-order chi connectivity index (χ0) is 45.7. The summed E-state index contributed by atoms with van der Waals surface area (Å²) in [7, 11) is 3.33. The van der Waals surface area contributed by atoms with Crippen LogP contribution in [0.3, 0.4) is 0 Å². The summed E-state index contributed by atoms with van der Waals surface area (Å²) in [6, 6.07) is -0.583. The van der Waals surface area contributed by atoms with E-state index < -0.39 is 58.6 Å². The number of amides is 1. The number of Topliss-reactive ketones (excluding diaryl/α,β-unsaturated/α-hetero) is 1. The second kappa shape index (κ2) is 15.6. The number of methoxy groups -OCH3 is 1. The summed E-state index contributed by atoms with van der Waals surface area (Å²) in [5.74, 6) is -2.11. The average Bonchev–Trinajstić information content (AvgIpc) is 3.69. The molecule has 2 aromatic rings. The smallest absolute Gasteiger partial charge is 0.333 e. The van der Waals surface area contributed by atoms with Crippen molar-refractivity contribution in [3.05, 3.63) is 64.0 Å². The SMILES string of the molecule is COC(=O)C(C)=CCC12OC(C)(C)C3CC(C1=O)C1C4C(=Nc5ncn1n5)c1c(OC(=O)CC(=O)N5CCN(C)CC5)c5c(c(CC=C(C)C)c1OC432)OC(C)(CCC=C(C)C)C=C5. The summed E-state index contributed by atoms with van der Waals surface area (Å²) < 4.78 is 35.5. The van der Waals surface area contributed by atoms with Crippen molar-refractivity contribution in [1.82, 2.24) is 24.6 Å². The van der Waals surface area contributed by atoms with Crippen molar-refractivity contribution in [2.75, 3.05) is 40.3 Å². The van der Waals surface area contributed by atoms with Gasteiger partial charge in [-0.2, -0.15) is 4.98 Å². The number of ether oxygens (including phenoxy) is 5. The molecule has 7 atom stereocenters. The van der Waals surface area contributed by atoms with Gasteiger partial charge in [0.15, 0.2) is 22.7 Å². The Balaban J connectivity index is 1.30. The van der Waals surface area contributed by atoms with E-state index in [1.807, 2.05) is 53.8 Å². The Morgan fingerprint density at radius 2 is 1.70 bits per heavy atom. The lowest BCUT2D eigenvalue weighted by molar-refractivity contribution is -0.206. The number of esters is 2. The lowest BCUT2D eigenvalue weighted by Crippen LogP contribution is -2.78. The van der Waals surface area contributed by atoms with Crippen LogP contribution in [0, 0.1) is 17.8 Å². The second-order valence-electron chi connectivity index (χ2n) is 19.9. The molecule has 64 heavy (non-hydrogen) atoms. The van der Waals surface area contributed by atoms with Crippen LogP contribution in [0.4, 0.5) is 5.95 Å². The molecule has 6 bridgehead atoms. The number of allylic oxidation sites excluding steroid dienone is 4. The van der Waals surface area contributed by atoms with Crippen LogP contribution in [0.5, 0.6) is 17.2 Å². The summed E-state index contributed by atoms with van der Waals surface area (Å²) >= 11 is 0. The largest absolute Gasteiger partial charge is 0.482 e. The summed E-state index contributed by atoms with van der Waals surface area (Å²) in [6.45, 7) is 18.3. The number of piperazine rings is 1. The first-order chi connectivity index (χ1) is 30.3. The molecular weight excluding hydrogens is 817 g/mol. The van der Waals surface area contributed by atoms with Crippen molar-refractivity contribution < 1.29 is 42.9 Å². The third kappa shape index (κ3) is 6.78. The van der Waals surface area contributed by atoms with E-state index in [4.69, 9.17) is 33.8 Å². The van der Waals surface area contributed by atoms with Gasteiger partial charge in [-0.15, -0.1) is 5.10 Å². The zero-order valence-electron chi connectivity index (χ0n) is 38.7. The third-order valence-corrected chi connectivity index (χ3v) is 14.6. The number of ketones is 1. The van der Waals surface area contributed by atoms with E-state index in [9.17, 15) is 14.4 Å². The van der Waals surface area contributed by atoms with Crippen molar-refractivity contribution in [3.8, 4) is 17.2 Å². The van der Waals surface area contributed by atoms with Crippen LogP contribution in [0.1, 0.15) is 110 Å². The number of hydrogen-bond acceptors (Lipinski definition) is 13. The minimum atomic E-state index is -1.58. The van der Waals surface area contributed by atoms with Crippen LogP contribution >= 0.6 is 0 Å². The molecular formula is C49H60N6O9. The molecule has 1 aromatic carbocycles. The molecule has 6 heterocycles. The number of nitrogens with zero attached hydrogens (tertiary/aromatic N) is 6. The zero-order valence-corrected chi connectivity index (χ0v) is 38.7. The number of likely N-dealkylation sites (N-methyl/N-ethyl adjacent to an activating group) is 1. The van der Waals surface area contributed by atoms with Gasteiger partial charge in [0.25, 0.3) is 5.95 Å². The first kappa shape index (κ1) is 43.8. The van der Waals surface area contributed by atoms with Gasteiger partial charge in [-0.25, -0.2) is 14.5 Å². The Morgan fingerprint density at radius 1 is 0.969 bits per heavy atom. The molecule has 2 saturated heterocycles. The molecule has 7 unspecified atom stereocenters. The number of carbonyl (C=O) groups excluding carboxylic acids is 4. The molecule has 1 amide bonds. The van der Waals surface area contributed by atoms with Gasteiger partial charge in [0.05, 0.1) is 41.5 Å². The third-order valence-electron chi connectivity index (χ3n) is 14.6. The lowest BCUT2D eigenvalue weighted by atomic mass is 9.44. The van der Waals surface area contributed by atoms with E-state index >= 15 is 4.79 Å². The van der Waals surface area contributed by atoms with E-state index in [1.54, 1.807) is 28.9 Å². The van der Waals surface area contributed by atoms with Crippen LogP contribution in [0.2, 0.25) is 0 Å². The highest BCUT2D eigenvalue weighted by molar-refractivity contribution is 6.14. The highest BCUT2D eigenvalue weighted by Crippen LogP contribution is 2.73. The molecule has 15 heteroatoms. The Bertz CT molecular complexity index is 2500. The number of rotatable bonds is 11. The Hall–Kier alpha value is -5.41. The van der Waals surface area contributed by atoms with Crippen LogP contribution < -0.4 is 14.2 Å². The van der Waals surface area contributed by atoms with Gasteiger partial charge in [0.1, 0.15) is 29.8 Å². The molecule has 340 valence electrons. The quantitative estimate of drug-likeness (QED) is 0.0797. The number of fused-ring (bicyclic) bond motifs is 5. The fourth-order valence-electron chi connectivity index (χ4n) is 11.5. The molecule has 3 aliphatic carbocycles. The van der Waals surface area contributed by atoms with Crippen molar-refractivity contribution >= 4 is 41.4 Å². The number of aliphatic imine (C=N–C) groups is 1. The predicted octanol–water partition coefficient (Wildman–Crippen LogP) is 6.47. The molecule has 15 nitrogen and oxygen atoms in total. The predicted molar refractivity (Wildman–Crippen MR) is 238 cm³/mol. The summed E-state index contributed by atoms with van der Waals surface area (Å²) in [5.41, 5.74) is 0.131. The number of aromatic nitrogens is 3. The molecule has 1 spiro atoms. The number of carbonyl (C=O) groups is 4. The molecule has 10 rings (SSSR count). The monoisotopic (exact) mass is 876 g/mol. The normalized spacial score (nSPS) is 30.2. The minimum Gasteiger partial charge on any atom is -0.482 e. The van der Waals surface area contributed by atoms with E-state index in [0.717, 1.165) is 12.0 Å². The minimum absolute atomic E-state index is 0.0308. The summed E-state index contributed by atoms with van der Waals surface area (Å²) in [4.78, 5) is 70.0. The second-order valence-corrected chi connectivity index (χ2v) is 19.9. The first-order valence-corrected chi connectivity index (χ1v) is 22.6. The summed E-state index contributed by atoms with van der Waals surface area (Å²) in [5, 5.41) is 4.81. The average molecular weight is 877 g/mol. The van der Waals surface area contributed by atoms with Gasteiger partial charge >= 0.3 is 11.9 Å². The van der Waals surface area contributed by atoms with Crippen LogP contribution in [-0.4, -0.2) is 117 Å². The molecule has 5 fully saturated rings. The maximum absolute atomic E-state index is 15.5. The topological polar surface area (TPSA) is 164 Å². The number of benzene rings is 1. The van der Waals surface area contributed by atoms with Crippen molar-refractivity contribution in [1.29, 1.82) is 0 Å². The molecule has 3 saturated carbocycles. The molecule has 0 N–H and O–H groups in total. The van der Waals surface area contributed by atoms with E-state index in [0.29, 0.717) is 84.9 Å². The van der Waals surface area contributed by atoms with Gasteiger partial charge in [0, 0.05) is 55.6 Å². The fraction of sp³-hybridized carbons (Fsp3) is 0.571. The van der Waals surface area contributed by atoms with Gasteiger partial charge in [-0.05, 0) is 100 Å². The Morgan fingerprint density at radius 3 is 2.41 bits per heavy atom. The molecule has 8 aliphatic rings. The fourth-order valence-corrected chi connectivity index (χ4v) is 11.5. The highest BCUT2D eigenvalue weighted by Gasteiger charge is 2.85. The van der Waals surface area contributed by atoms with Gasteiger partial charge < -0.3 is 33.5 Å². The number of hydrogen-bond donors (Lipinski definition) is 0. The van der Waals surface area contributed by atoms with Crippen LogP contribution in [0.15, 0.2) is 52.3 Å². The standard InChI is InChI=1S/C49H60N6O9/c1-27(2)12-11-17-47(8)18-16-31-40(62-47)30(14-13-28(3)4)42-36(41(31)61-35(57)25-34(56)54-22-20-53(9)21-23-54)38-37-39(55-26-50-45(51-38)52-55)32-24-33-46(6,7)64-48(43(32)58,49(33,37)63-42)19-15-29(5)44(59)60-10/h12-13,15-16,18,26,32-33,37,39H,11,14,17,19-25H2,1-10H3. The maximum Gasteiger partial charge on any atom is 0.333 e. The summed E-state index contributed by atoms with van der Waals surface area (Å²) in [6.07, 6.45) is 13.4. The highest BCUT2D eigenvalue weighted by atomic mass is 16.6. The first-order valence-electron chi connectivity index (χ1n) is 22.6. The molecule has 5 aliphatic heterocycles. The van der Waals surface area contributed by atoms with Crippen LogP contribution in [-0.2, 0) is 35.1 Å². The van der Waals surface area contributed by atoms with E-state index in [-0.39, 0.29) is 35.7 Å². The van der Waals surface area contributed by atoms with Crippen molar-refractivity contribution in [2.24, 2.45) is 22.7 Å². The van der Waals surface area contributed by atoms with Gasteiger partial charge in [-0.1, -0.05) is 29.4 Å². The maximum atomic E-state index is 15.5. The van der Waals surface area contributed by atoms with Crippen molar-refractivity contribution in [3.63, 3.8) is 0 Å². The van der Waals surface area contributed by atoms with Gasteiger partial charge in [0.2, 0.25) is 5.91 Å². The molecule has 0 radical (unpaired) electrons. The molecule has 1 aromatic heterocycles. The Labute approximate surface area is 374 Å².